The van der Waals surface area contributed by atoms with E-state index >= 15 is 0 Å². The molecule has 1 aromatic carbocycles. The third-order valence-corrected chi connectivity index (χ3v) is 3.31. The number of carbonyl (C=O) groups is 1. The summed E-state index contributed by atoms with van der Waals surface area (Å²) in [6.07, 6.45) is 0. The zero-order chi connectivity index (χ0) is 15.9. The molecule has 1 N–H and O–H groups in total. The summed E-state index contributed by atoms with van der Waals surface area (Å²) >= 11 is 0. The van der Waals surface area contributed by atoms with Gasteiger partial charge in [0.25, 0.3) is 11.5 Å². The molecule has 0 aliphatic carbocycles. The van der Waals surface area contributed by atoms with Gasteiger partial charge in [-0.3, -0.25) is 9.59 Å². The maximum atomic E-state index is 12.1. The summed E-state index contributed by atoms with van der Waals surface area (Å²) in [4.78, 5) is 23.8. The molecule has 1 heterocycles. The van der Waals surface area contributed by atoms with Gasteiger partial charge in [-0.2, -0.15) is 5.10 Å². The standard InChI is InChI=1S/C16H19N3O3/c1-12-5-3-4-6-13(12)11-17-16(21)14-7-8-15(20)19(18-14)9-10-22-2/h3-8H,9-11H2,1-2H3,(H,17,21). The third-order valence-electron chi connectivity index (χ3n) is 3.31. The average Bonchev–Trinajstić information content (AvgIpc) is 2.53. The number of hydrogen-bond donors (Lipinski definition) is 1. The highest BCUT2D eigenvalue weighted by Gasteiger charge is 2.09. The van der Waals surface area contributed by atoms with E-state index in [1.807, 2.05) is 31.2 Å². The fraction of sp³-hybridized carbons (Fsp3) is 0.312. The van der Waals surface area contributed by atoms with Crippen molar-refractivity contribution in [1.29, 1.82) is 0 Å². The highest BCUT2D eigenvalue weighted by Crippen LogP contribution is 2.06. The summed E-state index contributed by atoms with van der Waals surface area (Å²) in [7, 11) is 1.55. The van der Waals surface area contributed by atoms with E-state index in [2.05, 4.69) is 10.4 Å². The molecule has 0 aliphatic rings. The molecule has 0 unspecified atom stereocenters. The molecule has 0 atom stereocenters. The molecule has 6 nitrogen and oxygen atoms in total. The number of carbonyl (C=O) groups excluding carboxylic acids is 1. The van der Waals surface area contributed by atoms with E-state index in [1.54, 1.807) is 7.11 Å². The van der Waals surface area contributed by atoms with Gasteiger partial charge in [0.05, 0.1) is 13.2 Å². The Hall–Kier alpha value is -2.47. The number of methoxy groups -OCH3 is 1. The lowest BCUT2D eigenvalue weighted by Gasteiger charge is -2.09. The van der Waals surface area contributed by atoms with E-state index in [9.17, 15) is 9.59 Å². The van der Waals surface area contributed by atoms with Crippen LogP contribution in [-0.4, -0.2) is 29.4 Å². The predicted molar refractivity (Wildman–Crippen MR) is 82.7 cm³/mol. The van der Waals surface area contributed by atoms with Gasteiger partial charge in [-0.1, -0.05) is 24.3 Å². The normalized spacial score (nSPS) is 10.5. The fourth-order valence-electron chi connectivity index (χ4n) is 1.98. The highest BCUT2D eigenvalue weighted by molar-refractivity contribution is 5.91. The number of hydrogen-bond acceptors (Lipinski definition) is 4. The van der Waals surface area contributed by atoms with Gasteiger partial charge >= 0.3 is 0 Å². The first-order chi connectivity index (χ1) is 10.6. The van der Waals surface area contributed by atoms with Crippen LogP contribution in [0, 0.1) is 6.92 Å². The Labute approximate surface area is 128 Å². The summed E-state index contributed by atoms with van der Waals surface area (Å²) in [6, 6.07) is 10.6. The maximum Gasteiger partial charge on any atom is 0.271 e. The van der Waals surface area contributed by atoms with Crippen LogP contribution in [-0.2, 0) is 17.8 Å². The van der Waals surface area contributed by atoms with E-state index in [0.717, 1.165) is 11.1 Å². The van der Waals surface area contributed by atoms with Gasteiger partial charge in [-0.05, 0) is 24.1 Å². The van der Waals surface area contributed by atoms with Gasteiger partial charge in [-0.25, -0.2) is 4.68 Å². The molecule has 0 bridgehead atoms. The van der Waals surface area contributed by atoms with Crippen molar-refractivity contribution in [3.63, 3.8) is 0 Å². The van der Waals surface area contributed by atoms with Crippen molar-refractivity contribution in [1.82, 2.24) is 15.1 Å². The van der Waals surface area contributed by atoms with Gasteiger partial charge in [0.2, 0.25) is 0 Å². The molecule has 2 aromatic rings. The summed E-state index contributed by atoms with van der Waals surface area (Å²) in [5.74, 6) is -0.311. The molecule has 2 rings (SSSR count). The SMILES string of the molecule is COCCn1nc(C(=O)NCc2ccccc2C)ccc1=O. The van der Waals surface area contributed by atoms with Crippen LogP contribution in [0.4, 0.5) is 0 Å². The van der Waals surface area contributed by atoms with Gasteiger partial charge in [-0.15, -0.1) is 0 Å². The zero-order valence-corrected chi connectivity index (χ0v) is 12.7. The number of nitrogens with zero attached hydrogens (tertiary/aromatic N) is 2. The largest absolute Gasteiger partial charge is 0.383 e. The molecule has 0 radical (unpaired) electrons. The Balaban J connectivity index is 2.06. The molecule has 0 aliphatic heterocycles. The van der Waals surface area contributed by atoms with Crippen LogP contribution >= 0.6 is 0 Å². The van der Waals surface area contributed by atoms with Crippen molar-refractivity contribution < 1.29 is 9.53 Å². The van der Waals surface area contributed by atoms with Crippen LogP contribution < -0.4 is 10.9 Å². The van der Waals surface area contributed by atoms with Gasteiger partial charge in [0, 0.05) is 19.7 Å². The van der Waals surface area contributed by atoms with Crippen LogP contribution in [0.15, 0.2) is 41.2 Å². The minimum atomic E-state index is -0.311. The lowest BCUT2D eigenvalue weighted by molar-refractivity contribution is 0.0942. The number of ether oxygens (including phenoxy) is 1. The minimum absolute atomic E-state index is 0.212. The average molecular weight is 301 g/mol. The van der Waals surface area contributed by atoms with Gasteiger partial charge in [0.1, 0.15) is 5.69 Å². The van der Waals surface area contributed by atoms with Crippen LogP contribution in [0.1, 0.15) is 21.6 Å². The molecule has 1 amide bonds. The molecule has 6 heteroatoms. The number of nitrogens with one attached hydrogen (secondary N) is 1. The lowest BCUT2D eigenvalue weighted by atomic mass is 10.1. The molecule has 116 valence electrons. The second kappa shape index (κ2) is 7.51. The fourth-order valence-corrected chi connectivity index (χ4v) is 1.98. The Morgan fingerprint density at radius 2 is 2.05 bits per heavy atom. The number of aryl methyl sites for hydroxylation is 1. The molecular formula is C16H19N3O3. The van der Waals surface area contributed by atoms with E-state index in [4.69, 9.17) is 4.74 Å². The second-order valence-corrected chi connectivity index (χ2v) is 4.88. The first-order valence-electron chi connectivity index (χ1n) is 7.01. The van der Waals surface area contributed by atoms with Crippen LogP contribution in [0.3, 0.4) is 0 Å². The van der Waals surface area contributed by atoms with Gasteiger partial charge in [0.15, 0.2) is 0 Å². The maximum absolute atomic E-state index is 12.1. The third kappa shape index (κ3) is 4.02. The Morgan fingerprint density at radius 1 is 1.27 bits per heavy atom. The van der Waals surface area contributed by atoms with Crippen LogP contribution in [0.5, 0.6) is 0 Å². The Kier molecular flexibility index (Phi) is 5.43. The highest BCUT2D eigenvalue weighted by atomic mass is 16.5. The Bertz CT molecular complexity index is 710. The minimum Gasteiger partial charge on any atom is -0.383 e. The smallest absolute Gasteiger partial charge is 0.271 e. The first kappa shape index (κ1) is 15.9. The quantitative estimate of drug-likeness (QED) is 0.868. The summed E-state index contributed by atoms with van der Waals surface area (Å²) in [5.41, 5.74) is 2.11. The van der Waals surface area contributed by atoms with E-state index in [0.29, 0.717) is 19.7 Å². The molecule has 0 saturated carbocycles. The van der Waals surface area contributed by atoms with Crippen molar-refractivity contribution in [2.45, 2.75) is 20.0 Å². The molecule has 0 fully saturated rings. The van der Waals surface area contributed by atoms with E-state index in [-0.39, 0.29) is 17.2 Å². The predicted octanol–water partition coefficient (Wildman–Crippen LogP) is 1.13. The second-order valence-electron chi connectivity index (χ2n) is 4.88. The van der Waals surface area contributed by atoms with Crippen molar-refractivity contribution in [3.05, 3.63) is 63.6 Å². The monoisotopic (exact) mass is 301 g/mol. The summed E-state index contributed by atoms with van der Waals surface area (Å²) in [5, 5.41) is 6.87. The van der Waals surface area contributed by atoms with Crippen molar-refractivity contribution in [3.8, 4) is 0 Å². The van der Waals surface area contributed by atoms with Crippen molar-refractivity contribution >= 4 is 5.91 Å². The number of rotatable bonds is 6. The molecule has 0 spiro atoms. The van der Waals surface area contributed by atoms with Crippen molar-refractivity contribution in [2.75, 3.05) is 13.7 Å². The summed E-state index contributed by atoms with van der Waals surface area (Å²) in [6.45, 7) is 3.09. The topological polar surface area (TPSA) is 73.2 Å². The lowest BCUT2D eigenvalue weighted by Crippen LogP contribution is -2.30. The Morgan fingerprint density at radius 3 is 2.77 bits per heavy atom. The molecule has 22 heavy (non-hydrogen) atoms. The number of amides is 1. The number of aromatic nitrogens is 2. The van der Waals surface area contributed by atoms with Crippen LogP contribution in [0.25, 0.3) is 0 Å². The molecular weight excluding hydrogens is 282 g/mol. The van der Waals surface area contributed by atoms with Crippen molar-refractivity contribution in [2.24, 2.45) is 0 Å². The van der Waals surface area contributed by atoms with Gasteiger partial charge < -0.3 is 10.1 Å². The van der Waals surface area contributed by atoms with E-state index in [1.165, 1.54) is 16.8 Å². The van der Waals surface area contributed by atoms with Crippen LogP contribution in [0.2, 0.25) is 0 Å². The zero-order valence-electron chi connectivity index (χ0n) is 12.7. The summed E-state index contributed by atoms with van der Waals surface area (Å²) < 4.78 is 6.15. The molecule has 1 aromatic heterocycles. The first-order valence-corrected chi connectivity index (χ1v) is 7.01. The van der Waals surface area contributed by atoms with E-state index < -0.39 is 0 Å². The molecule has 0 saturated heterocycles. The number of benzene rings is 1.